The largest absolute Gasteiger partial charge is 0.442 e. The number of carbonyl (C=O) groups is 1. The highest BCUT2D eigenvalue weighted by Gasteiger charge is 2.32. The first kappa shape index (κ1) is 24.0. The van der Waals surface area contributed by atoms with Crippen LogP contribution in [0.5, 0.6) is 0 Å². The number of benzene rings is 1. The summed E-state index contributed by atoms with van der Waals surface area (Å²) >= 11 is 0. The molecule has 174 valence electrons. The van der Waals surface area contributed by atoms with Gasteiger partial charge in [0.15, 0.2) is 0 Å². The SMILES string of the molecule is CCCCCCc1ccc(-c2noc([C@@H]3CCCN3C(C)=NC(=O)OC(C)(C)C)n2)cc1. The number of aromatic nitrogens is 2. The molecule has 0 bridgehead atoms. The first-order chi connectivity index (χ1) is 15.3. The number of amidine groups is 1. The van der Waals surface area contributed by atoms with Crippen molar-refractivity contribution in [3.63, 3.8) is 0 Å². The number of carbonyl (C=O) groups excluding carboxylic acids is 1. The van der Waals surface area contributed by atoms with Crippen molar-refractivity contribution in [1.29, 1.82) is 0 Å². The van der Waals surface area contributed by atoms with E-state index in [4.69, 9.17) is 9.26 Å². The summed E-state index contributed by atoms with van der Waals surface area (Å²) < 4.78 is 10.9. The van der Waals surface area contributed by atoms with Gasteiger partial charge in [-0.3, -0.25) is 0 Å². The van der Waals surface area contributed by atoms with Crippen LogP contribution >= 0.6 is 0 Å². The molecule has 1 fully saturated rings. The number of ether oxygens (including phenoxy) is 1. The Morgan fingerprint density at radius 2 is 1.97 bits per heavy atom. The second-order valence-corrected chi connectivity index (χ2v) is 9.45. The maximum absolute atomic E-state index is 12.1. The number of aryl methyl sites for hydroxylation is 1. The van der Waals surface area contributed by atoms with Gasteiger partial charge in [0.1, 0.15) is 17.5 Å². The van der Waals surface area contributed by atoms with Crippen molar-refractivity contribution in [1.82, 2.24) is 15.0 Å². The number of likely N-dealkylation sites (tertiary alicyclic amines) is 1. The maximum Gasteiger partial charge on any atom is 0.435 e. The van der Waals surface area contributed by atoms with Crippen LogP contribution in [0.2, 0.25) is 0 Å². The average molecular weight is 441 g/mol. The minimum absolute atomic E-state index is 0.0831. The number of amides is 1. The summed E-state index contributed by atoms with van der Waals surface area (Å²) in [6.45, 7) is 10.3. The van der Waals surface area contributed by atoms with E-state index in [0.29, 0.717) is 17.6 Å². The molecule has 3 rings (SSSR count). The second kappa shape index (κ2) is 10.7. The molecule has 0 aliphatic carbocycles. The van der Waals surface area contributed by atoms with Gasteiger partial charge >= 0.3 is 6.09 Å². The van der Waals surface area contributed by atoms with Crippen molar-refractivity contribution in [2.24, 2.45) is 4.99 Å². The molecule has 0 radical (unpaired) electrons. The molecule has 7 heteroatoms. The third-order valence-corrected chi connectivity index (χ3v) is 5.57. The Labute approximate surface area is 191 Å². The first-order valence-corrected chi connectivity index (χ1v) is 11.7. The van der Waals surface area contributed by atoms with E-state index in [0.717, 1.165) is 31.4 Å². The Balaban J connectivity index is 1.65. The Kier molecular flexibility index (Phi) is 8.04. The number of aliphatic imine (C=N–C) groups is 1. The van der Waals surface area contributed by atoms with Crippen LogP contribution in [0.25, 0.3) is 11.4 Å². The van der Waals surface area contributed by atoms with E-state index < -0.39 is 11.7 Å². The number of hydrogen-bond acceptors (Lipinski definition) is 5. The molecule has 0 N–H and O–H groups in total. The summed E-state index contributed by atoms with van der Waals surface area (Å²) in [5, 5.41) is 4.21. The Bertz CT molecular complexity index is 912. The van der Waals surface area contributed by atoms with Crippen LogP contribution in [0, 0.1) is 0 Å². The molecule has 1 aromatic heterocycles. The highest BCUT2D eigenvalue weighted by molar-refractivity contribution is 5.90. The molecule has 1 aliphatic rings. The molecule has 2 aromatic rings. The molecule has 1 saturated heterocycles. The zero-order valence-electron chi connectivity index (χ0n) is 20.1. The Hall–Kier alpha value is -2.70. The van der Waals surface area contributed by atoms with Crippen LogP contribution < -0.4 is 0 Å². The summed E-state index contributed by atoms with van der Waals surface area (Å²) in [6.07, 6.45) is 7.42. The average Bonchev–Trinajstić information content (AvgIpc) is 3.39. The molecule has 7 nitrogen and oxygen atoms in total. The lowest BCUT2D eigenvalue weighted by Crippen LogP contribution is -2.30. The van der Waals surface area contributed by atoms with Crippen LogP contribution in [0.4, 0.5) is 4.79 Å². The third-order valence-electron chi connectivity index (χ3n) is 5.57. The summed E-state index contributed by atoms with van der Waals surface area (Å²) in [5.41, 5.74) is 1.71. The van der Waals surface area contributed by atoms with Crippen molar-refractivity contribution in [3.8, 4) is 11.4 Å². The molecule has 2 heterocycles. The standard InChI is InChI=1S/C25H36N4O3/c1-6-7-8-9-11-19-13-15-20(16-14-19)22-27-23(32-28-22)21-12-10-17-29(21)18(2)26-24(30)31-25(3,4)5/h13-16,21H,6-12,17H2,1-5H3/t21-/m0/s1. The molecule has 1 aromatic carbocycles. The summed E-state index contributed by atoms with van der Waals surface area (Å²) in [4.78, 5) is 22.9. The highest BCUT2D eigenvalue weighted by atomic mass is 16.6. The van der Waals surface area contributed by atoms with Crippen molar-refractivity contribution in [3.05, 3.63) is 35.7 Å². The highest BCUT2D eigenvalue weighted by Crippen LogP contribution is 2.32. The molecular weight excluding hydrogens is 404 g/mol. The zero-order chi connectivity index (χ0) is 23.1. The molecule has 0 unspecified atom stereocenters. The van der Waals surface area contributed by atoms with E-state index in [1.54, 1.807) is 0 Å². The molecule has 1 aliphatic heterocycles. The van der Waals surface area contributed by atoms with Gasteiger partial charge in [-0.25, -0.2) is 4.79 Å². The number of nitrogens with zero attached hydrogens (tertiary/aromatic N) is 4. The lowest BCUT2D eigenvalue weighted by molar-refractivity contribution is 0.0601. The van der Waals surface area contributed by atoms with Gasteiger partial charge in [0.2, 0.25) is 11.7 Å². The maximum atomic E-state index is 12.1. The Morgan fingerprint density at radius 1 is 1.22 bits per heavy atom. The van der Waals surface area contributed by atoms with E-state index in [-0.39, 0.29) is 6.04 Å². The van der Waals surface area contributed by atoms with Gasteiger partial charge in [0.25, 0.3) is 0 Å². The second-order valence-electron chi connectivity index (χ2n) is 9.45. The molecular formula is C25H36N4O3. The fourth-order valence-corrected chi connectivity index (χ4v) is 3.96. The quantitative estimate of drug-likeness (QED) is 0.283. The van der Waals surface area contributed by atoms with E-state index in [2.05, 4.69) is 46.3 Å². The minimum Gasteiger partial charge on any atom is -0.442 e. The van der Waals surface area contributed by atoms with E-state index in [1.165, 1.54) is 31.2 Å². The fraction of sp³-hybridized carbons (Fsp3) is 0.600. The van der Waals surface area contributed by atoms with Gasteiger partial charge in [0, 0.05) is 12.1 Å². The smallest absolute Gasteiger partial charge is 0.435 e. The van der Waals surface area contributed by atoms with E-state index in [1.807, 2.05) is 32.6 Å². The van der Waals surface area contributed by atoms with Crippen LogP contribution in [0.1, 0.15) is 90.6 Å². The van der Waals surface area contributed by atoms with Crippen molar-refractivity contribution < 1.29 is 14.1 Å². The van der Waals surface area contributed by atoms with Crippen molar-refractivity contribution >= 4 is 11.9 Å². The van der Waals surface area contributed by atoms with Crippen LogP contribution in [-0.4, -0.2) is 39.1 Å². The lowest BCUT2D eigenvalue weighted by Gasteiger charge is -2.24. The van der Waals surface area contributed by atoms with Gasteiger partial charge < -0.3 is 14.2 Å². The van der Waals surface area contributed by atoms with E-state index >= 15 is 0 Å². The van der Waals surface area contributed by atoms with Gasteiger partial charge in [-0.2, -0.15) is 9.98 Å². The zero-order valence-corrected chi connectivity index (χ0v) is 20.1. The van der Waals surface area contributed by atoms with E-state index in [9.17, 15) is 4.79 Å². The molecule has 0 spiro atoms. The summed E-state index contributed by atoms with van der Waals surface area (Å²) in [6, 6.07) is 8.34. The monoisotopic (exact) mass is 440 g/mol. The Morgan fingerprint density at radius 3 is 2.66 bits per heavy atom. The number of rotatable bonds is 7. The predicted octanol–water partition coefficient (Wildman–Crippen LogP) is 6.35. The minimum atomic E-state index is -0.582. The van der Waals surface area contributed by atoms with Gasteiger partial charge in [-0.05, 0) is 58.9 Å². The van der Waals surface area contributed by atoms with Crippen molar-refractivity contribution in [2.75, 3.05) is 6.54 Å². The normalized spacial score (nSPS) is 17.1. The third kappa shape index (κ3) is 6.65. The van der Waals surface area contributed by atoms with Crippen LogP contribution in [-0.2, 0) is 11.2 Å². The topological polar surface area (TPSA) is 80.8 Å². The fourth-order valence-electron chi connectivity index (χ4n) is 3.96. The molecule has 1 amide bonds. The summed E-state index contributed by atoms with van der Waals surface area (Å²) in [5.74, 6) is 1.75. The molecule has 0 saturated carbocycles. The van der Waals surface area contributed by atoms with Gasteiger partial charge in [-0.1, -0.05) is 55.6 Å². The summed E-state index contributed by atoms with van der Waals surface area (Å²) in [7, 11) is 0. The van der Waals surface area contributed by atoms with Gasteiger partial charge in [-0.15, -0.1) is 0 Å². The first-order valence-electron chi connectivity index (χ1n) is 11.7. The van der Waals surface area contributed by atoms with Crippen molar-refractivity contribution in [2.45, 2.75) is 91.2 Å². The van der Waals surface area contributed by atoms with Crippen LogP contribution in [0.15, 0.2) is 33.8 Å². The number of hydrogen-bond donors (Lipinski definition) is 0. The van der Waals surface area contributed by atoms with Gasteiger partial charge in [0.05, 0.1) is 0 Å². The molecule has 1 atom stereocenters. The lowest BCUT2D eigenvalue weighted by atomic mass is 10.0. The molecule has 32 heavy (non-hydrogen) atoms. The number of unbranched alkanes of at least 4 members (excludes halogenated alkanes) is 3. The van der Waals surface area contributed by atoms with Crippen LogP contribution in [0.3, 0.4) is 0 Å². The predicted molar refractivity (Wildman–Crippen MR) is 126 cm³/mol.